The smallest absolute Gasteiger partial charge is 0.198 e. The molecule has 1 atom stereocenters. The van der Waals surface area contributed by atoms with Gasteiger partial charge in [0.15, 0.2) is 5.89 Å². The highest BCUT2D eigenvalue weighted by Gasteiger charge is 2.08. The molecule has 2 aromatic rings. The molecule has 1 N–H and O–H groups in total. The fourth-order valence-electron chi connectivity index (χ4n) is 1.38. The molecule has 0 aliphatic rings. The molecule has 16 heavy (non-hydrogen) atoms. The zero-order valence-electron chi connectivity index (χ0n) is 8.85. The second-order valence-electron chi connectivity index (χ2n) is 3.65. The van der Waals surface area contributed by atoms with E-state index >= 15 is 0 Å². The topological polar surface area (TPSA) is 46.3 Å². The van der Waals surface area contributed by atoms with Crippen molar-refractivity contribution in [1.82, 2.24) is 4.98 Å². The van der Waals surface area contributed by atoms with Crippen molar-refractivity contribution in [3.63, 3.8) is 0 Å². The Balaban J connectivity index is 2.11. The number of oxazole rings is 1. The molecule has 0 saturated carbocycles. The van der Waals surface area contributed by atoms with Crippen molar-refractivity contribution in [2.45, 2.75) is 19.4 Å². The van der Waals surface area contributed by atoms with Crippen molar-refractivity contribution in [2.75, 3.05) is 0 Å². The molecule has 3 nitrogen and oxygen atoms in total. The SMILES string of the molecule is CC(O)c1coc(Cc2ccc(Cl)cc2)n1. The third-order valence-corrected chi connectivity index (χ3v) is 2.52. The first-order valence-corrected chi connectivity index (χ1v) is 5.40. The Morgan fingerprint density at radius 3 is 2.62 bits per heavy atom. The molecule has 0 spiro atoms. The minimum Gasteiger partial charge on any atom is -0.448 e. The van der Waals surface area contributed by atoms with E-state index in [1.807, 2.05) is 24.3 Å². The summed E-state index contributed by atoms with van der Waals surface area (Å²) >= 11 is 5.79. The van der Waals surface area contributed by atoms with Gasteiger partial charge in [0.05, 0.1) is 6.10 Å². The average Bonchev–Trinajstić information content (AvgIpc) is 2.70. The number of aliphatic hydroxyl groups excluding tert-OH is 1. The van der Waals surface area contributed by atoms with Gasteiger partial charge in [0.1, 0.15) is 12.0 Å². The van der Waals surface area contributed by atoms with Crippen molar-refractivity contribution in [2.24, 2.45) is 0 Å². The summed E-state index contributed by atoms with van der Waals surface area (Å²) < 4.78 is 5.26. The highest BCUT2D eigenvalue weighted by atomic mass is 35.5. The van der Waals surface area contributed by atoms with Gasteiger partial charge in [0.2, 0.25) is 0 Å². The minimum absolute atomic E-state index is 0.559. The summed E-state index contributed by atoms with van der Waals surface area (Å²) in [6, 6.07) is 7.51. The molecule has 1 aromatic carbocycles. The van der Waals surface area contributed by atoms with Crippen LogP contribution < -0.4 is 0 Å². The Kier molecular flexibility index (Phi) is 3.27. The first-order valence-electron chi connectivity index (χ1n) is 5.02. The fraction of sp³-hybridized carbons (Fsp3) is 0.250. The summed E-state index contributed by atoms with van der Waals surface area (Å²) in [5, 5.41) is 10.0. The van der Waals surface area contributed by atoms with E-state index in [2.05, 4.69) is 4.98 Å². The second kappa shape index (κ2) is 4.68. The van der Waals surface area contributed by atoms with E-state index in [0.29, 0.717) is 23.0 Å². The Morgan fingerprint density at radius 1 is 1.38 bits per heavy atom. The van der Waals surface area contributed by atoms with E-state index in [1.165, 1.54) is 6.26 Å². The van der Waals surface area contributed by atoms with Crippen LogP contribution in [0.5, 0.6) is 0 Å². The number of halogens is 1. The molecule has 0 saturated heterocycles. The number of hydrogen-bond acceptors (Lipinski definition) is 3. The van der Waals surface area contributed by atoms with E-state index < -0.39 is 6.10 Å². The van der Waals surface area contributed by atoms with Gasteiger partial charge in [-0.1, -0.05) is 23.7 Å². The maximum Gasteiger partial charge on any atom is 0.198 e. The van der Waals surface area contributed by atoms with Gasteiger partial charge in [-0.15, -0.1) is 0 Å². The lowest BCUT2D eigenvalue weighted by Crippen LogP contribution is -1.93. The second-order valence-corrected chi connectivity index (χ2v) is 4.08. The van der Waals surface area contributed by atoms with Crippen molar-refractivity contribution in [3.05, 3.63) is 52.7 Å². The standard InChI is InChI=1S/C12H12ClNO2/c1-8(15)11-7-16-12(14-11)6-9-2-4-10(13)5-3-9/h2-5,7-8,15H,6H2,1H3. The third-order valence-electron chi connectivity index (χ3n) is 2.27. The van der Waals surface area contributed by atoms with E-state index in [9.17, 15) is 5.11 Å². The Labute approximate surface area is 98.7 Å². The molecule has 0 bridgehead atoms. The molecule has 0 radical (unpaired) electrons. The highest BCUT2D eigenvalue weighted by molar-refractivity contribution is 6.30. The van der Waals surface area contributed by atoms with Crippen molar-refractivity contribution in [1.29, 1.82) is 0 Å². The van der Waals surface area contributed by atoms with Crippen LogP contribution in [0, 0.1) is 0 Å². The number of hydrogen-bond donors (Lipinski definition) is 1. The summed E-state index contributed by atoms with van der Waals surface area (Å²) in [5.41, 5.74) is 1.63. The first kappa shape index (κ1) is 11.2. The summed E-state index contributed by atoms with van der Waals surface area (Å²) in [6.07, 6.45) is 1.49. The van der Waals surface area contributed by atoms with Crippen LogP contribution in [-0.2, 0) is 6.42 Å². The zero-order chi connectivity index (χ0) is 11.5. The molecule has 1 unspecified atom stereocenters. The largest absolute Gasteiger partial charge is 0.448 e. The molecule has 1 heterocycles. The number of rotatable bonds is 3. The molecule has 0 aliphatic heterocycles. The van der Waals surface area contributed by atoms with E-state index in [4.69, 9.17) is 16.0 Å². The predicted octanol–water partition coefficient (Wildman–Crippen LogP) is 2.97. The summed E-state index contributed by atoms with van der Waals surface area (Å²) in [4.78, 5) is 4.18. The van der Waals surface area contributed by atoms with Gasteiger partial charge in [-0.25, -0.2) is 4.98 Å². The van der Waals surface area contributed by atoms with Crippen LogP contribution in [0.2, 0.25) is 5.02 Å². The van der Waals surface area contributed by atoms with Gasteiger partial charge >= 0.3 is 0 Å². The van der Waals surface area contributed by atoms with Gasteiger partial charge in [0.25, 0.3) is 0 Å². The monoisotopic (exact) mass is 237 g/mol. The van der Waals surface area contributed by atoms with Crippen molar-refractivity contribution in [3.8, 4) is 0 Å². The molecular formula is C12H12ClNO2. The minimum atomic E-state index is -0.595. The number of aromatic nitrogens is 1. The van der Waals surface area contributed by atoms with Crippen molar-refractivity contribution < 1.29 is 9.52 Å². The molecule has 2 rings (SSSR count). The van der Waals surface area contributed by atoms with Crippen LogP contribution in [0.15, 0.2) is 34.9 Å². The number of benzene rings is 1. The van der Waals surface area contributed by atoms with Gasteiger partial charge in [-0.2, -0.15) is 0 Å². The van der Waals surface area contributed by atoms with Gasteiger partial charge in [0, 0.05) is 11.4 Å². The van der Waals surface area contributed by atoms with E-state index in [-0.39, 0.29) is 0 Å². The van der Waals surface area contributed by atoms with Crippen LogP contribution >= 0.6 is 11.6 Å². The number of aliphatic hydroxyl groups is 1. The highest BCUT2D eigenvalue weighted by Crippen LogP contribution is 2.16. The molecule has 0 aliphatic carbocycles. The van der Waals surface area contributed by atoms with Gasteiger partial charge in [-0.3, -0.25) is 0 Å². The maximum absolute atomic E-state index is 9.30. The first-order chi connectivity index (χ1) is 7.65. The van der Waals surface area contributed by atoms with Gasteiger partial charge < -0.3 is 9.52 Å². The van der Waals surface area contributed by atoms with Crippen LogP contribution in [0.4, 0.5) is 0 Å². The van der Waals surface area contributed by atoms with Crippen LogP contribution in [0.3, 0.4) is 0 Å². The third kappa shape index (κ3) is 2.62. The molecule has 1 aromatic heterocycles. The Hall–Kier alpha value is -1.32. The van der Waals surface area contributed by atoms with E-state index in [1.54, 1.807) is 6.92 Å². The lowest BCUT2D eigenvalue weighted by atomic mass is 10.1. The summed E-state index contributed by atoms with van der Waals surface area (Å²) in [7, 11) is 0. The predicted molar refractivity (Wildman–Crippen MR) is 61.4 cm³/mol. The molecule has 0 amide bonds. The van der Waals surface area contributed by atoms with Crippen LogP contribution in [-0.4, -0.2) is 10.1 Å². The average molecular weight is 238 g/mol. The van der Waals surface area contributed by atoms with Crippen LogP contribution in [0.25, 0.3) is 0 Å². The summed E-state index contributed by atoms with van der Waals surface area (Å²) in [5.74, 6) is 0.596. The normalized spacial score (nSPS) is 12.7. The maximum atomic E-state index is 9.30. The lowest BCUT2D eigenvalue weighted by molar-refractivity contribution is 0.194. The number of nitrogens with zero attached hydrogens (tertiary/aromatic N) is 1. The zero-order valence-corrected chi connectivity index (χ0v) is 9.61. The van der Waals surface area contributed by atoms with E-state index in [0.717, 1.165) is 5.56 Å². The fourth-order valence-corrected chi connectivity index (χ4v) is 1.50. The van der Waals surface area contributed by atoms with Crippen LogP contribution in [0.1, 0.15) is 30.2 Å². The van der Waals surface area contributed by atoms with Gasteiger partial charge in [-0.05, 0) is 24.6 Å². The molecular weight excluding hydrogens is 226 g/mol. The Bertz CT molecular complexity index is 462. The van der Waals surface area contributed by atoms with Crippen molar-refractivity contribution >= 4 is 11.6 Å². The molecule has 4 heteroatoms. The Morgan fingerprint density at radius 2 is 2.06 bits per heavy atom. The quantitative estimate of drug-likeness (QED) is 0.893. The lowest BCUT2D eigenvalue weighted by Gasteiger charge is -1.97. The summed E-state index contributed by atoms with van der Waals surface area (Å²) in [6.45, 7) is 1.66. The molecule has 0 fully saturated rings. The molecule has 84 valence electrons.